The number of hydrogen-bond acceptors (Lipinski definition) is 5. The van der Waals surface area contributed by atoms with Gasteiger partial charge in [-0.3, -0.25) is 14.0 Å². The Hall–Kier alpha value is -2.77. The summed E-state index contributed by atoms with van der Waals surface area (Å²) in [7, 11) is 6.80. The van der Waals surface area contributed by atoms with E-state index < -0.39 is 6.10 Å². The number of hydrogen-bond donors (Lipinski definition) is 1. The molecule has 1 N–H and O–H groups in total. The van der Waals surface area contributed by atoms with Gasteiger partial charge in [0.15, 0.2) is 11.5 Å². The average molecular weight is 399 g/mol. The molecule has 0 fully saturated rings. The zero-order valence-corrected chi connectivity index (χ0v) is 17.7. The Labute approximate surface area is 170 Å². The zero-order valence-electron chi connectivity index (χ0n) is 17.7. The summed E-state index contributed by atoms with van der Waals surface area (Å²) in [6.45, 7) is 3.61. The molecule has 1 heterocycles. The molecular weight excluding hydrogens is 370 g/mol. The van der Waals surface area contributed by atoms with Crippen LogP contribution in [0.25, 0.3) is 11.0 Å². The fourth-order valence-electron chi connectivity index (χ4n) is 3.70. The van der Waals surface area contributed by atoms with Crippen LogP contribution in [-0.4, -0.2) is 46.0 Å². The molecule has 0 saturated heterocycles. The maximum Gasteiger partial charge on any atom is 0.328 e. The van der Waals surface area contributed by atoms with Crippen LogP contribution in [-0.2, 0) is 27.2 Å². The minimum absolute atomic E-state index is 0.0386. The number of methoxy groups -OCH3 is 2. The van der Waals surface area contributed by atoms with Crippen molar-refractivity contribution in [3.05, 3.63) is 58.0 Å². The van der Waals surface area contributed by atoms with Crippen LogP contribution < -0.4 is 15.2 Å². The van der Waals surface area contributed by atoms with Gasteiger partial charge in [-0.15, -0.1) is 0 Å². The van der Waals surface area contributed by atoms with Crippen molar-refractivity contribution in [2.24, 2.45) is 14.1 Å². The average Bonchev–Trinajstić information content (AvgIpc) is 2.91. The molecule has 0 radical (unpaired) electrons. The van der Waals surface area contributed by atoms with Crippen molar-refractivity contribution in [3.8, 4) is 11.5 Å². The molecule has 0 saturated carbocycles. The number of aliphatic hydroxyl groups is 1. The summed E-state index contributed by atoms with van der Waals surface area (Å²) < 4.78 is 14.0. The first-order valence-corrected chi connectivity index (χ1v) is 9.59. The Balaban J connectivity index is 1.87. The van der Waals surface area contributed by atoms with Gasteiger partial charge in [-0.2, -0.15) is 0 Å². The maximum absolute atomic E-state index is 12.2. The quantitative estimate of drug-likeness (QED) is 0.629. The molecule has 0 aliphatic rings. The molecule has 1 aromatic heterocycles. The second-order valence-corrected chi connectivity index (χ2v) is 7.43. The van der Waals surface area contributed by atoms with Gasteiger partial charge in [0.1, 0.15) is 0 Å². The molecule has 3 rings (SSSR count). The van der Waals surface area contributed by atoms with Gasteiger partial charge in [0, 0.05) is 33.7 Å². The number of benzene rings is 2. The minimum atomic E-state index is -0.458. The summed E-state index contributed by atoms with van der Waals surface area (Å²) in [5, 5.41) is 9.98. The van der Waals surface area contributed by atoms with Gasteiger partial charge in [0.25, 0.3) is 0 Å². The molecule has 29 heavy (non-hydrogen) atoms. The Morgan fingerprint density at radius 3 is 2.14 bits per heavy atom. The summed E-state index contributed by atoms with van der Waals surface area (Å²) in [5.74, 6) is 1.37. The molecule has 7 nitrogen and oxygen atoms in total. The maximum atomic E-state index is 12.2. The lowest BCUT2D eigenvalue weighted by Crippen LogP contribution is -2.30. The molecule has 7 heteroatoms. The molecule has 3 aromatic rings. The van der Waals surface area contributed by atoms with E-state index >= 15 is 0 Å². The first kappa shape index (κ1) is 21.0. The van der Waals surface area contributed by atoms with Crippen molar-refractivity contribution in [2.75, 3.05) is 20.8 Å². The topological polar surface area (TPSA) is 68.9 Å². The highest BCUT2D eigenvalue weighted by Gasteiger charge is 2.14. The van der Waals surface area contributed by atoms with Crippen molar-refractivity contribution >= 4 is 11.0 Å². The van der Waals surface area contributed by atoms with Crippen molar-refractivity contribution in [1.82, 2.24) is 14.0 Å². The number of aliphatic hydroxyl groups excluding tert-OH is 1. The van der Waals surface area contributed by atoms with Crippen molar-refractivity contribution in [1.29, 1.82) is 0 Å². The SMILES string of the molecule is COc1ccc(CN(Cc2ccc3c(c2)n(C)c(=O)n3C)CC(C)O)cc1OC. The highest BCUT2D eigenvalue weighted by molar-refractivity contribution is 5.76. The van der Waals surface area contributed by atoms with Crippen LogP contribution in [0.3, 0.4) is 0 Å². The number of ether oxygens (including phenoxy) is 2. The Bertz CT molecular complexity index is 1050. The third-order valence-electron chi connectivity index (χ3n) is 5.12. The lowest BCUT2D eigenvalue weighted by molar-refractivity contribution is 0.118. The van der Waals surface area contributed by atoms with Gasteiger partial charge in [0.05, 0.1) is 31.4 Å². The summed E-state index contributed by atoms with van der Waals surface area (Å²) >= 11 is 0. The van der Waals surface area contributed by atoms with Gasteiger partial charge >= 0.3 is 5.69 Å². The molecule has 2 aromatic carbocycles. The largest absolute Gasteiger partial charge is 0.493 e. The molecule has 1 atom stereocenters. The van der Waals surface area contributed by atoms with E-state index in [9.17, 15) is 9.90 Å². The second-order valence-electron chi connectivity index (χ2n) is 7.43. The van der Waals surface area contributed by atoms with Crippen LogP contribution >= 0.6 is 0 Å². The predicted octanol–water partition coefficient (Wildman–Crippen LogP) is 2.28. The van der Waals surface area contributed by atoms with E-state index in [2.05, 4.69) is 4.90 Å². The van der Waals surface area contributed by atoms with Crippen LogP contribution in [0, 0.1) is 0 Å². The van der Waals surface area contributed by atoms with Crippen LogP contribution in [0.5, 0.6) is 11.5 Å². The second kappa shape index (κ2) is 8.71. The molecule has 1 unspecified atom stereocenters. The van der Waals surface area contributed by atoms with E-state index in [1.165, 1.54) is 0 Å². The van der Waals surface area contributed by atoms with Gasteiger partial charge in [-0.25, -0.2) is 4.79 Å². The third-order valence-corrected chi connectivity index (χ3v) is 5.12. The molecule has 0 spiro atoms. The summed E-state index contributed by atoms with van der Waals surface area (Å²) in [6.07, 6.45) is -0.458. The molecule has 0 aliphatic heterocycles. The van der Waals surface area contributed by atoms with E-state index in [1.807, 2.05) is 36.4 Å². The van der Waals surface area contributed by atoms with Gasteiger partial charge < -0.3 is 14.6 Å². The van der Waals surface area contributed by atoms with E-state index in [0.717, 1.165) is 22.2 Å². The normalized spacial score (nSPS) is 12.5. The number of fused-ring (bicyclic) bond motifs is 1. The van der Waals surface area contributed by atoms with E-state index in [0.29, 0.717) is 31.1 Å². The number of rotatable bonds is 8. The molecule has 0 amide bonds. The Kier molecular flexibility index (Phi) is 6.30. The minimum Gasteiger partial charge on any atom is -0.493 e. The van der Waals surface area contributed by atoms with Crippen LogP contribution in [0.4, 0.5) is 0 Å². The summed E-state index contributed by atoms with van der Waals surface area (Å²) in [4.78, 5) is 14.4. The fraction of sp³-hybridized carbons (Fsp3) is 0.409. The van der Waals surface area contributed by atoms with Crippen LogP contribution in [0.2, 0.25) is 0 Å². The monoisotopic (exact) mass is 399 g/mol. The Morgan fingerprint density at radius 2 is 1.52 bits per heavy atom. The first-order valence-electron chi connectivity index (χ1n) is 9.59. The van der Waals surface area contributed by atoms with Gasteiger partial charge in [-0.05, 0) is 42.3 Å². The van der Waals surface area contributed by atoms with E-state index in [-0.39, 0.29) is 5.69 Å². The third kappa shape index (κ3) is 4.46. The molecule has 156 valence electrons. The summed E-state index contributed by atoms with van der Waals surface area (Å²) in [6, 6.07) is 11.9. The van der Waals surface area contributed by atoms with Crippen molar-refractivity contribution in [2.45, 2.75) is 26.1 Å². The van der Waals surface area contributed by atoms with E-state index in [1.54, 1.807) is 44.4 Å². The number of aromatic nitrogens is 2. The fourth-order valence-corrected chi connectivity index (χ4v) is 3.70. The number of aryl methyl sites for hydroxylation is 2. The predicted molar refractivity (Wildman–Crippen MR) is 114 cm³/mol. The Morgan fingerprint density at radius 1 is 0.931 bits per heavy atom. The van der Waals surface area contributed by atoms with Crippen LogP contribution in [0.15, 0.2) is 41.2 Å². The van der Waals surface area contributed by atoms with Crippen molar-refractivity contribution in [3.63, 3.8) is 0 Å². The zero-order chi connectivity index (χ0) is 21.1. The first-order chi connectivity index (χ1) is 13.8. The summed E-state index contributed by atoms with van der Waals surface area (Å²) in [5.41, 5.74) is 3.92. The number of nitrogens with zero attached hydrogens (tertiary/aromatic N) is 3. The molecule has 0 aliphatic carbocycles. The lowest BCUT2D eigenvalue weighted by atomic mass is 10.1. The highest BCUT2D eigenvalue weighted by atomic mass is 16.5. The van der Waals surface area contributed by atoms with Crippen molar-refractivity contribution < 1.29 is 14.6 Å². The van der Waals surface area contributed by atoms with Crippen LogP contribution in [0.1, 0.15) is 18.1 Å². The van der Waals surface area contributed by atoms with Gasteiger partial charge in [-0.1, -0.05) is 12.1 Å². The highest BCUT2D eigenvalue weighted by Crippen LogP contribution is 2.28. The molecular formula is C22H29N3O4. The lowest BCUT2D eigenvalue weighted by Gasteiger charge is -2.24. The standard InChI is InChI=1S/C22H29N3O4/c1-15(26)12-25(14-17-7-9-20(28-4)21(11-17)29-5)13-16-6-8-18-19(10-16)24(3)22(27)23(18)2/h6-11,15,26H,12-14H2,1-5H3. The van der Waals surface area contributed by atoms with E-state index in [4.69, 9.17) is 9.47 Å². The number of imidazole rings is 1. The molecule has 0 bridgehead atoms. The smallest absolute Gasteiger partial charge is 0.328 e. The van der Waals surface area contributed by atoms with Gasteiger partial charge in [0.2, 0.25) is 0 Å².